The lowest BCUT2D eigenvalue weighted by molar-refractivity contribution is 1.07. The number of hydrogen-bond donors (Lipinski definition) is 1. The van der Waals surface area contributed by atoms with E-state index in [0.717, 1.165) is 54.1 Å². The van der Waals surface area contributed by atoms with E-state index in [4.69, 9.17) is 15.7 Å². The van der Waals surface area contributed by atoms with Crippen LogP contribution < -0.4 is 10.6 Å². The minimum atomic E-state index is 0.506. The maximum absolute atomic E-state index is 6.84. The first-order valence-electron chi connectivity index (χ1n) is 16.8. The summed E-state index contributed by atoms with van der Waals surface area (Å²) in [6, 6.07) is 54.0. The second-order valence-electron chi connectivity index (χ2n) is 12.8. The van der Waals surface area contributed by atoms with E-state index in [0.29, 0.717) is 6.54 Å². The number of hydrogen-bond acceptors (Lipinski definition) is 5. The molecule has 0 saturated heterocycles. The van der Waals surface area contributed by atoms with Crippen molar-refractivity contribution in [3.63, 3.8) is 0 Å². The molecule has 0 fully saturated rings. The molecule has 0 bridgehead atoms. The van der Waals surface area contributed by atoms with Crippen molar-refractivity contribution in [1.82, 2.24) is 4.98 Å². The van der Waals surface area contributed by atoms with Crippen LogP contribution in [0.1, 0.15) is 16.0 Å². The molecule has 4 nitrogen and oxygen atoms in total. The Kier molecular flexibility index (Phi) is 6.54. The number of nitrogens with two attached hydrogens (primary N) is 1. The Balaban J connectivity index is 1.09. The molecular weight excluding hydrogens is 629 g/mol. The van der Waals surface area contributed by atoms with E-state index in [1.54, 1.807) is 11.3 Å². The van der Waals surface area contributed by atoms with Gasteiger partial charge in [-0.2, -0.15) is 0 Å². The highest BCUT2D eigenvalue weighted by molar-refractivity contribution is 7.21. The summed E-state index contributed by atoms with van der Waals surface area (Å²) in [5, 5.41) is 7.13. The van der Waals surface area contributed by atoms with Gasteiger partial charge in [0.25, 0.3) is 0 Å². The molecule has 1 aliphatic rings. The van der Waals surface area contributed by atoms with Gasteiger partial charge in [0.1, 0.15) is 0 Å². The standard InChI is InChI=1S/C45H30N4S/c46-42-35-15-3-4-19-40(35)50-45(42)44(36-17-6-13-30-14-8-24-47-43(30)36)48-27-28-20-22-33(23-21-28)49-38-18-7-12-29-11-5-16-34(41(29)38)37-25-31-9-1-2-10-32(31)26-39(37)49/h1-26H,27,46H2. The van der Waals surface area contributed by atoms with Crippen molar-refractivity contribution in [2.75, 3.05) is 10.6 Å². The van der Waals surface area contributed by atoms with E-state index in [-0.39, 0.29) is 0 Å². The molecule has 50 heavy (non-hydrogen) atoms. The third-order valence-electron chi connectivity index (χ3n) is 9.87. The lowest BCUT2D eigenvalue weighted by atomic mass is 9.89. The number of rotatable bonds is 5. The van der Waals surface area contributed by atoms with Crippen molar-refractivity contribution in [2.45, 2.75) is 6.54 Å². The molecule has 0 aliphatic carbocycles. The summed E-state index contributed by atoms with van der Waals surface area (Å²) in [5.41, 5.74) is 17.5. The van der Waals surface area contributed by atoms with Crippen LogP contribution in [0.3, 0.4) is 0 Å². The third-order valence-corrected chi connectivity index (χ3v) is 11.1. The van der Waals surface area contributed by atoms with E-state index in [1.165, 1.54) is 44.0 Å². The van der Waals surface area contributed by atoms with Crippen LogP contribution in [-0.2, 0) is 6.54 Å². The summed E-state index contributed by atoms with van der Waals surface area (Å²) < 4.78 is 1.15. The summed E-state index contributed by atoms with van der Waals surface area (Å²) in [6.45, 7) is 0.506. The molecule has 0 saturated carbocycles. The molecule has 0 atom stereocenters. The lowest BCUT2D eigenvalue weighted by Crippen LogP contribution is -2.15. The van der Waals surface area contributed by atoms with Gasteiger partial charge in [-0.1, -0.05) is 109 Å². The minimum Gasteiger partial charge on any atom is -0.397 e. The second kappa shape index (κ2) is 11.4. The summed E-state index contributed by atoms with van der Waals surface area (Å²) in [6.07, 6.45) is 1.84. The number of fused-ring (bicyclic) bond motifs is 5. The van der Waals surface area contributed by atoms with Gasteiger partial charge in [-0.15, -0.1) is 11.3 Å². The summed E-state index contributed by atoms with van der Waals surface area (Å²) in [7, 11) is 0. The average molecular weight is 659 g/mol. The molecule has 0 spiro atoms. The number of nitrogen functional groups attached to an aromatic ring is 1. The molecule has 2 aromatic heterocycles. The van der Waals surface area contributed by atoms with E-state index < -0.39 is 0 Å². The molecule has 0 radical (unpaired) electrons. The Morgan fingerprint density at radius 2 is 1.36 bits per heavy atom. The number of pyridine rings is 1. The topological polar surface area (TPSA) is 54.5 Å². The predicted molar refractivity (Wildman–Crippen MR) is 212 cm³/mol. The first kappa shape index (κ1) is 28.7. The minimum absolute atomic E-state index is 0.506. The van der Waals surface area contributed by atoms with E-state index in [9.17, 15) is 0 Å². The first-order chi connectivity index (χ1) is 24.7. The highest BCUT2D eigenvalue weighted by Gasteiger charge is 2.26. The fourth-order valence-electron chi connectivity index (χ4n) is 7.51. The Hall–Kier alpha value is -6.30. The average Bonchev–Trinajstić information content (AvgIpc) is 3.50. The fraction of sp³-hybridized carbons (Fsp3) is 0.0222. The lowest BCUT2D eigenvalue weighted by Gasteiger charge is -2.34. The van der Waals surface area contributed by atoms with Gasteiger partial charge in [-0.3, -0.25) is 9.98 Å². The van der Waals surface area contributed by atoms with Crippen molar-refractivity contribution >= 4 is 82.3 Å². The zero-order valence-electron chi connectivity index (χ0n) is 27.0. The normalized spacial score (nSPS) is 12.6. The van der Waals surface area contributed by atoms with Crippen molar-refractivity contribution in [1.29, 1.82) is 0 Å². The molecule has 5 heteroatoms. The molecule has 0 amide bonds. The SMILES string of the molecule is Nc1c(C(=NCc2ccc(N3c4cc5ccccc5cc4-c4cccc5cccc3c45)cc2)c2cccc3cccnc23)sc2ccccc12. The number of para-hydroxylation sites is 1. The maximum atomic E-state index is 6.84. The van der Waals surface area contributed by atoms with Crippen LogP contribution >= 0.6 is 11.3 Å². The molecular formula is C45H30N4S. The smallest absolute Gasteiger partial charge is 0.0866 e. The van der Waals surface area contributed by atoms with Gasteiger partial charge in [-0.05, 0) is 69.8 Å². The number of thiophene rings is 1. The zero-order chi connectivity index (χ0) is 33.2. The third kappa shape index (κ3) is 4.51. The van der Waals surface area contributed by atoms with Crippen LogP contribution in [0.5, 0.6) is 0 Å². The van der Waals surface area contributed by atoms with Crippen molar-refractivity contribution in [3.8, 4) is 11.1 Å². The maximum Gasteiger partial charge on any atom is 0.0866 e. The van der Waals surface area contributed by atoms with Gasteiger partial charge in [0.15, 0.2) is 0 Å². The number of aromatic nitrogens is 1. The summed E-state index contributed by atoms with van der Waals surface area (Å²) >= 11 is 1.69. The number of anilines is 4. The van der Waals surface area contributed by atoms with Crippen LogP contribution in [0.2, 0.25) is 0 Å². The molecule has 7 aromatic carbocycles. The van der Waals surface area contributed by atoms with Crippen LogP contribution in [0, 0.1) is 0 Å². The highest BCUT2D eigenvalue weighted by Crippen LogP contribution is 2.51. The van der Waals surface area contributed by atoms with Gasteiger partial charge in [-0.25, -0.2) is 0 Å². The molecule has 236 valence electrons. The molecule has 9 aromatic rings. The zero-order valence-corrected chi connectivity index (χ0v) is 27.9. The van der Waals surface area contributed by atoms with Gasteiger partial charge >= 0.3 is 0 Å². The summed E-state index contributed by atoms with van der Waals surface area (Å²) in [5.74, 6) is 0. The van der Waals surface area contributed by atoms with Crippen molar-refractivity contribution < 1.29 is 0 Å². The quantitative estimate of drug-likeness (QED) is 0.187. The van der Waals surface area contributed by atoms with Gasteiger partial charge < -0.3 is 10.6 Å². The number of benzene rings is 7. The molecule has 1 aliphatic heterocycles. The Morgan fingerprint density at radius 1 is 0.640 bits per heavy atom. The van der Waals surface area contributed by atoms with Gasteiger partial charge in [0.2, 0.25) is 0 Å². The van der Waals surface area contributed by atoms with E-state index >= 15 is 0 Å². The number of aliphatic imine (C=N–C) groups is 1. The van der Waals surface area contributed by atoms with Crippen molar-refractivity contribution in [2.24, 2.45) is 4.99 Å². The molecule has 10 rings (SSSR count). The monoisotopic (exact) mass is 658 g/mol. The molecule has 0 unspecified atom stereocenters. The molecule has 3 heterocycles. The Labute approximate surface area is 293 Å². The van der Waals surface area contributed by atoms with Crippen LogP contribution in [0.25, 0.3) is 53.7 Å². The van der Waals surface area contributed by atoms with E-state index in [2.05, 4.69) is 144 Å². The highest BCUT2D eigenvalue weighted by atomic mass is 32.1. The summed E-state index contributed by atoms with van der Waals surface area (Å²) in [4.78, 5) is 13.5. The second-order valence-corrected chi connectivity index (χ2v) is 13.8. The molecule has 2 N–H and O–H groups in total. The van der Waals surface area contributed by atoms with Crippen LogP contribution in [0.4, 0.5) is 22.7 Å². The van der Waals surface area contributed by atoms with Crippen LogP contribution in [0.15, 0.2) is 163 Å². The van der Waals surface area contributed by atoms with Gasteiger partial charge in [0.05, 0.1) is 39.7 Å². The Bertz CT molecular complexity index is 2800. The van der Waals surface area contributed by atoms with Gasteiger partial charge in [0, 0.05) is 43.9 Å². The van der Waals surface area contributed by atoms with Crippen LogP contribution in [-0.4, -0.2) is 10.7 Å². The number of nitrogens with zero attached hydrogens (tertiary/aromatic N) is 3. The fourth-order valence-corrected chi connectivity index (χ4v) is 8.65. The first-order valence-corrected chi connectivity index (χ1v) is 17.6. The van der Waals surface area contributed by atoms with Crippen molar-refractivity contribution in [3.05, 3.63) is 174 Å². The largest absolute Gasteiger partial charge is 0.397 e. The van der Waals surface area contributed by atoms with E-state index in [1.807, 2.05) is 18.3 Å². The predicted octanol–water partition coefficient (Wildman–Crippen LogP) is 11.8. The Morgan fingerprint density at radius 3 is 2.22 bits per heavy atom.